The van der Waals surface area contributed by atoms with Crippen molar-refractivity contribution in [2.45, 2.75) is 26.4 Å². The molecule has 0 fully saturated rings. The van der Waals surface area contributed by atoms with Crippen LogP contribution < -0.4 is 15.0 Å². The summed E-state index contributed by atoms with van der Waals surface area (Å²) in [5.74, 6) is 0.463. The Morgan fingerprint density at radius 1 is 1.27 bits per heavy atom. The second kappa shape index (κ2) is 7.98. The molecule has 2 aromatic heterocycles. The van der Waals surface area contributed by atoms with Crippen molar-refractivity contribution >= 4 is 23.3 Å². The zero-order valence-corrected chi connectivity index (χ0v) is 17.1. The van der Waals surface area contributed by atoms with Crippen LogP contribution in [-0.4, -0.2) is 39.2 Å². The molecule has 0 radical (unpaired) electrons. The molecule has 3 heterocycles. The van der Waals surface area contributed by atoms with E-state index in [9.17, 15) is 9.59 Å². The number of ether oxygens (including phenoxy) is 1. The van der Waals surface area contributed by atoms with Crippen LogP contribution in [0.2, 0.25) is 0 Å². The minimum atomic E-state index is -0.728. The highest BCUT2D eigenvalue weighted by atomic mass is 16.5. The Hall–Kier alpha value is -3.68. The van der Waals surface area contributed by atoms with E-state index < -0.39 is 6.10 Å². The van der Waals surface area contributed by atoms with Gasteiger partial charge in [-0.1, -0.05) is 6.92 Å². The largest absolute Gasteiger partial charge is 0.481 e. The molecule has 0 aliphatic carbocycles. The molecule has 3 aromatic rings. The first-order valence-corrected chi connectivity index (χ1v) is 9.80. The lowest BCUT2D eigenvalue weighted by Gasteiger charge is -2.30. The zero-order valence-electron chi connectivity index (χ0n) is 17.1. The second-order valence-corrected chi connectivity index (χ2v) is 7.18. The third-order valence-electron chi connectivity index (χ3n) is 5.07. The first-order chi connectivity index (χ1) is 14.5. The Bertz CT molecular complexity index is 1070. The number of rotatable bonds is 5. The monoisotopic (exact) mass is 405 g/mol. The van der Waals surface area contributed by atoms with Gasteiger partial charge in [0.25, 0.3) is 5.91 Å². The van der Waals surface area contributed by atoms with Gasteiger partial charge in [0.2, 0.25) is 5.91 Å². The number of pyridine rings is 1. The van der Waals surface area contributed by atoms with Gasteiger partial charge in [0, 0.05) is 24.5 Å². The van der Waals surface area contributed by atoms with Gasteiger partial charge >= 0.3 is 0 Å². The standard InChI is InChI=1S/C22H23N5O3/c1-4-19(22(29)27-13-20(28)24-17-6-5-11-23-21(17)27)30-16-9-7-15(8-10-16)18-12-14(2)26(3)25-18/h5-12,19H,4,13H2,1-3H3,(H,24,28). The number of aromatic nitrogens is 3. The van der Waals surface area contributed by atoms with Crippen molar-refractivity contribution in [3.8, 4) is 17.0 Å². The van der Waals surface area contributed by atoms with E-state index in [2.05, 4.69) is 15.4 Å². The van der Waals surface area contributed by atoms with Gasteiger partial charge in [0.1, 0.15) is 12.3 Å². The van der Waals surface area contributed by atoms with Gasteiger partial charge in [-0.15, -0.1) is 0 Å². The van der Waals surface area contributed by atoms with E-state index in [0.717, 1.165) is 17.0 Å². The number of carbonyl (C=O) groups is 2. The van der Waals surface area contributed by atoms with Gasteiger partial charge in [-0.25, -0.2) is 4.98 Å². The highest BCUT2D eigenvalue weighted by Crippen LogP contribution is 2.28. The molecular weight excluding hydrogens is 382 g/mol. The lowest BCUT2D eigenvalue weighted by molar-refractivity contribution is -0.127. The van der Waals surface area contributed by atoms with Gasteiger partial charge in [0.15, 0.2) is 11.9 Å². The van der Waals surface area contributed by atoms with Crippen LogP contribution in [0.25, 0.3) is 11.3 Å². The molecule has 8 nitrogen and oxygen atoms in total. The third-order valence-corrected chi connectivity index (χ3v) is 5.07. The Morgan fingerprint density at radius 3 is 2.70 bits per heavy atom. The third kappa shape index (κ3) is 3.76. The van der Waals surface area contributed by atoms with Crippen molar-refractivity contribution in [2.24, 2.45) is 7.05 Å². The first-order valence-electron chi connectivity index (χ1n) is 9.80. The van der Waals surface area contributed by atoms with Crippen molar-refractivity contribution in [1.29, 1.82) is 0 Å². The maximum absolute atomic E-state index is 13.1. The number of aryl methyl sites for hydroxylation is 2. The minimum absolute atomic E-state index is 0.0827. The van der Waals surface area contributed by atoms with Crippen molar-refractivity contribution in [2.75, 3.05) is 16.8 Å². The number of amides is 2. The molecule has 1 aliphatic heterocycles. The fourth-order valence-corrected chi connectivity index (χ4v) is 3.35. The molecule has 30 heavy (non-hydrogen) atoms. The van der Waals surface area contributed by atoms with Gasteiger partial charge in [-0.2, -0.15) is 5.10 Å². The van der Waals surface area contributed by atoms with E-state index in [0.29, 0.717) is 23.7 Å². The number of carbonyl (C=O) groups excluding carboxylic acids is 2. The van der Waals surface area contributed by atoms with E-state index in [4.69, 9.17) is 4.74 Å². The average Bonchev–Trinajstić information content (AvgIpc) is 3.09. The van der Waals surface area contributed by atoms with Crippen molar-refractivity contribution < 1.29 is 14.3 Å². The van der Waals surface area contributed by atoms with E-state index in [-0.39, 0.29) is 18.4 Å². The molecule has 1 unspecified atom stereocenters. The van der Waals surface area contributed by atoms with Crippen LogP contribution >= 0.6 is 0 Å². The molecule has 0 saturated carbocycles. The van der Waals surface area contributed by atoms with Crippen molar-refractivity contribution in [3.05, 3.63) is 54.4 Å². The quantitative estimate of drug-likeness (QED) is 0.705. The maximum atomic E-state index is 13.1. The molecule has 8 heteroatoms. The zero-order chi connectivity index (χ0) is 21.3. The number of hydrogen-bond donors (Lipinski definition) is 1. The SMILES string of the molecule is CCC(Oc1ccc(-c2cc(C)n(C)n2)cc1)C(=O)N1CC(=O)Nc2cccnc21. The van der Waals surface area contributed by atoms with Gasteiger partial charge < -0.3 is 10.1 Å². The highest BCUT2D eigenvalue weighted by Gasteiger charge is 2.33. The summed E-state index contributed by atoms with van der Waals surface area (Å²) in [7, 11) is 1.90. The predicted octanol–water partition coefficient (Wildman–Crippen LogP) is 2.93. The molecule has 1 atom stereocenters. The molecule has 1 N–H and O–H groups in total. The van der Waals surface area contributed by atoms with Crippen LogP contribution in [0.15, 0.2) is 48.7 Å². The summed E-state index contributed by atoms with van der Waals surface area (Å²) in [5, 5.41) is 7.21. The fourth-order valence-electron chi connectivity index (χ4n) is 3.35. The van der Waals surface area contributed by atoms with Crippen LogP contribution in [-0.2, 0) is 16.6 Å². The molecular formula is C22H23N5O3. The molecule has 0 spiro atoms. The van der Waals surface area contributed by atoms with Gasteiger partial charge in [-0.05, 0) is 55.8 Å². The number of anilines is 2. The summed E-state index contributed by atoms with van der Waals surface area (Å²) in [4.78, 5) is 30.8. The summed E-state index contributed by atoms with van der Waals surface area (Å²) >= 11 is 0. The second-order valence-electron chi connectivity index (χ2n) is 7.18. The Morgan fingerprint density at radius 2 is 2.03 bits per heavy atom. The Kier molecular flexibility index (Phi) is 5.22. The minimum Gasteiger partial charge on any atom is -0.481 e. The van der Waals surface area contributed by atoms with Crippen LogP contribution in [0.3, 0.4) is 0 Å². The summed E-state index contributed by atoms with van der Waals surface area (Å²) in [6.45, 7) is 3.79. The molecule has 0 saturated heterocycles. The van der Waals surface area contributed by atoms with E-state index in [1.807, 2.05) is 55.9 Å². The molecule has 2 amide bonds. The summed E-state index contributed by atoms with van der Waals surface area (Å²) in [5.41, 5.74) is 3.44. The normalized spacial score (nSPS) is 14.1. The number of hydrogen-bond acceptors (Lipinski definition) is 5. The first kappa shape index (κ1) is 19.6. The number of benzene rings is 1. The van der Waals surface area contributed by atoms with Crippen LogP contribution in [0.4, 0.5) is 11.5 Å². The highest BCUT2D eigenvalue weighted by molar-refractivity contribution is 6.10. The molecule has 1 aliphatic rings. The molecule has 154 valence electrons. The van der Waals surface area contributed by atoms with E-state index in [1.165, 1.54) is 4.90 Å². The van der Waals surface area contributed by atoms with Crippen molar-refractivity contribution in [3.63, 3.8) is 0 Å². The average molecular weight is 405 g/mol. The molecule has 0 bridgehead atoms. The van der Waals surface area contributed by atoms with E-state index in [1.54, 1.807) is 18.3 Å². The number of nitrogens with zero attached hydrogens (tertiary/aromatic N) is 4. The predicted molar refractivity (Wildman–Crippen MR) is 113 cm³/mol. The topological polar surface area (TPSA) is 89.4 Å². The van der Waals surface area contributed by atoms with Crippen LogP contribution in [0, 0.1) is 6.92 Å². The van der Waals surface area contributed by atoms with Gasteiger partial charge in [0.05, 0.1) is 11.4 Å². The maximum Gasteiger partial charge on any atom is 0.269 e. The van der Waals surface area contributed by atoms with Crippen molar-refractivity contribution in [1.82, 2.24) is 14.8 Å². The smallest absolute Gasteiger partial charge is 0.269 e. The summed E-state index contributed by atoms with van der Waals surface area (Å²) in [6.07, 6.45) is 1.32. The number of fused-ring (bicyclic) bond motifs is 1. The molecule has 4 rings (SSSR count). The summed E-state index contributed by atoms with van der Waals surface area (Å²) < 4.78 is 7.80. The van der Waals surface area contributed by atoms with Crippen LogP contribution in [0.1, 0.15) is 19.0 Å². The fraction of sp³-hybridized carbons (Fsp3) is 0.273. The number of nitrogens with one attached hydrogen (secondary N) is 1. The lowest BCUT2D eigenvalue weighted by Crippen LogP contribution is -2.48. The Labute approximate surface area is 174 Å². The Balaban J connectivity index is 1.52. The van der Waals surface area contributed by atoms with Crippen LogP contribution in [0.5, 0.6) is 5.75 Å². The van der Waals surface area contributed by atoms with E-state index >= 15 is 0 Å². The van der Waals surface area contributed by atoms with Gasteiger partial charge in [-0.3, -0.25) is 19.2 Å². The lowest BCUT2D eigenvalue weighted by atomic mass is 10.1. The summed E-state index contributed by atoms with van der Waals surface area (Å²) in [6, 6.07) is 12.9. The molecule has 1 aromatic carbocycles.